The second-order valence-electron chi connectivity index (χ2n) is 4.82. The summed E-state index contributed by atoms with van der Waals surface area (Å²) in [5, 5.41) is 2.80. The highest BCUT2D eigenvalue weighted by atomic mass is 19.2. The molecule has 4 heteroatoms. The van der Waals surface area contributed by atoms with Crippen LogP contribution in [0.4, 0.5) is 20.2 Å². The van der Waals surface area contributed by atoms with E-state index in [1.165, 1.54) is 12.1 Å². The van der Waals surface area contributed by atoms with Gasteiger partial charge in [0.1, 0.15) is 0 Å². The molecular formula is C17H15F2NO. The molecule has 108 valence electrons. The van der Waals surface area contributed by atoms with Crippen LogP contribution in [0.5, 0.6) is 0 Å². The molecule has 0 heterocycles. The second-order valence-corrected chi connectivity index (χ2v) is 4.82. The number of anilines is 2. The number of aldehydes is 1. The second kappa shape index (κ2) is 5.87. The summed E-state index contributed by atoms with van der Waals surface area (Å²) in [6, 6.07) is 6.79. The average Bonchev–Trinajstić information content (AvgIpc) is 2.46. The number of aryl methyl sites for hydroxylation is 2. The SMILES string of the molecule is C=Cc1cc(C=O)c(Nc2ccc(C)cc2C)c(F)c1F. The molecule has 2 aromatic carbocycles. The molecule has 0 spiro atoms. The van der Waals surface area contributed by atoms with Gasteiger partial charge in [-0.3, -0.25) is 4.79 Å². The Kier molecular flexibility index (Phi) is 4.17. The number of hydrogen-bond acceptors (Lipinski definition) is 2. The van der Waals surface area contributed by atoms with Crippen molar-refractivity contribution in [3.63, 3.8) is 0 Å². The Morgan fingerprint density at radius 3 is 2.38 bits per heavy atom. The van der Waals surface area contributed by atoms with E-state index in [9.17, 15) is 13.6 Å². The minimum Gasteiger partial charge on any atom is -0.352 e. The van der Waals surface area contributed by atoms with E-state index < -0.39 is 11.6 Å². The predicted octanol–water partition coefficient (Wildman–Crippen LogP) is 4.78. The quantitative estimate of drug-likeness (QED) is 0.820. The summed E-state index contributed by atoms with van der Waals surface area (Å²) in [4.78, 5) is 11.1. The van der Waals surface area contributed by atoms with Gasteiger partial charge in [-0.25, -0.2) is 8.78 Å². The van der Waals surface area contributed by atoms with E-state index in [-0.39, 0.29) is 16.8 Å². The van der Waals surface area contributed by atoms with E-state index in [1.54, 1.807) is 6.07 Å². The maximum absolute atomic E-state index is 14.1. The molecule has 0 fully saturated rings. The Morgan fingerprint density at radius 1 is 1.10 bits per heavy atom. The first-order chi connectivity index (χ1) is 9.97. The molecule has 0 bridgehead atoms. The molecule has 0 radical (unpaired) electrons. The highest BCUT2D eigenvalue weighted by Gasteiger charge is 2.17. The van der Waals surface area contributed by atoms with Crippen molar-refractivity contribution in [2.45, 2.75) is 13.8 Å². The Morgan fingerprint density at radius 2 is 1.81 bits per heavy atom. The van der Waals surface area contributed by atoms with Crippen LogP contribution in [-0.2, 0) is 0 Å². The molecule has 0 aliphatic carbocycles. The van der Waals surface area contributed by atoms with E-state index in [0.717, 1.165) is 11.1 Å². The van der Waals surface area contributed by atoms with E-state index in [0.29, 0.717) is 12.0 Å². The van der Waals surface area contributed by atoms with Gasteiger partial charge in [-0.15, -0.1) is 0 Å². The predicted molar refractivity (Wildman–Crippen MR) is 81.0 cm³/mol. The Bertz CT molecular complexity index is 723. The van der Waals surface area contributed by atoms with Crippen molar-refractivity contribution in [3.8, 4) is 0 Å². The first kappa shape index (κ1) is 14.9. The molecule has 0 unspecified atom stereocenters. The number of benzene rings is 2. The molecule has 2 rings (SSSR count). The van der Waals surface area contributed by atoms with Crippen molar-refractivity contribution in [3.05, 3.63) is 64.7 Å². The molecule has 2 aromatic rings. The van der Waals surface area contributed by atoms with Crippen LogP contribution in [0.1, 0.15) is 27.0 Å². The zero-order valence-electron chi connectivity index (χ0n) is 11.8. The lowest BCUT2D eigenvalue weighted by Gasteiger charge is -2.14. The number of nitrogens with one attached hydrogen (secondary N) is 1. The lowest BCUT2D eigenvalue weighted by Crippen LogP contribution is -2.04. The van der Waals surface area contributed by atoms with Gasteiger partial charge < -0.3 is 5.32 Å². The van der Waals surface area contributed by atoms with Crippen LogP contribution in [0, 0.1) is 25.5 Å². The van der Waals surface area contributed by atoms with Crippen molar-refractivity contribution in [1.82, 2.24) is 0 Å². The third kappa shape index (κ3) is 2.84. The zero-order valence-corrected chi connectivity index (χ0v) is 11.8. The fourth-order valence-electron chi connectivity index (χ4n) is 2.12. The van der Waals surface area contributed by atoms with Gasteiger partial charge in [-0.05, 0) is 31.5 Å². The summed E-state index contributed by atoms with van der Waals surface area (Å²) in [6.45, 7) is 7.19. The summed E-state index contributed by atoms with van der Waals surface area (Å²) in [7, 11) is 0. The summed E-state index contributed by atoms with van der Waals surface area (Å²) >= 11 is 0. The maximum atomic E-state index is 14.1. The largest absolute Gasteiger partial charge is 0.352 e. The van der Waals surface area contributed by atoms with E-state index >= 15 is 0 Å². The highest BCUT2D eigenvalue weighted by Crippen LogP contribution is 2.29. The van der Waals surface area contributed by atoms with Crippen LogP contribution in [0.3, 0.4) is 0 Å². The summed E-state index contributed by atoms with van der Waals surface area (Å²) in [5.74, 6) is -2.11. The smallest absolute Gasteiger partial charge is 0.183 e. The minimum atomic E-state index is -1.09. The van der Waals surface area contributed by atoms with Gasteiger partial charge in [-0.2, -0.15) is 0 Å². The lowest BCUT2D eigenvalue weighted by atomic mass is 10.1. The highest BCUT2D eigenvalue weighted by molar-refractivity contribution is 5.88. The van der Waals surface area contributed by atoms with Crippen molar-refractivity contribution < 1.29 is 13.6 Å². The number of hydrogen-bond donors (Lipinski definition) is 1. The third-order valence-electron chi connectivity index (χ3n) is 3.25. The van der Waals surface area contributed by atoms with Crippen LogP contribution in [0.15, 0.2) is 30.8 Å². The topological polar surface area (TPSA) is 29.1 Å². The van der Waals surface area contributed by atoms with Gasteiger partial charge in [0.2, 0.25) is 0 Å². The first-order valence-electron chi connectivity index (χ1n) is 6.41. The molecule has 0 saturated heterocycles. The number of carbonyl (C=O) groups excluding carboxylic acids is 1. The first-order valence-corrected chi connectivity index (χ1v) is 6.41. The van der Waals surface area contributed by atoms with Crippen LogP contribution < -0.4 is 5.32 Å². The third-order valence-corrected chi connectivity index (χ3v) is 3.25. The number of carbonyl (C=O) groups is 1. The fraction of sp³-hybridized carbons (Fsp3) is 0.118. The normalized spacial score (nSPS) is 10.3. The molecule has 0 aliphatic rings. The number of halogens is 2. The lowest BCUT2D eigenvalue weighted by molar-refractivity contribution is 0.112. The Hall–Kier alpha value is -2.49. The van der Waals surface area contributed by atoms with Crippen LogP contribution in [-0.4, -0.2) is 6.29 Å². The summed E-state index contributed by atoms with van der Waals surface area (Å²) in [6.07, 6.45) is 1.66. The molecule has 0 saturated carbocycles. The number of rotatable bonds is 4. The van der Waals surface area contributed by atoms with Crippen molar-refractivity contribution >= 4 is 23.7 Å². The van der Waals surface area contributed by atoms with Gasteiger partial charge in [0.25, 0.3) is 0 Å². The van der Waals surface area contributed by atoms with E-state index in [1.807, 2.05) is 26.0 Å². The molecule has 2 nitrogen and oxygen atoms in total. The van der Waals surface area contributed by atoms with E-state index in [2.05, 4.69) is 11.9 Å². The van der Waals surface area contributed by atoms with Gasteiger partial charge >= 0.3 is 0 Å². The fourth-order valence-corrected chi connectivity index (χ4v) is 2.12. The van der Waals surface area contributed by atoms with Crippen LogP contribution >= 0.6 is 0 Å². The van der Waals surface area contributed by atoms with Crippen LogP contribution in [0.25, 0.3) is 6.08 Å². The molecule has 0 amide bonds. The van der Waals surface area contributed by atoms with Gasteiger partial charge in [0.15, 0.2) is 17.9 Å². The molecular weight excluding hydrogens is 272 g/mol. The standard InChI is InChI=1S/C17H15F2NO/c1-4-12-8-13(9-21)17(16(19)15(12)18)20-14-6-5-10(2)7-11(14)3/h4-9,20H,1H2,2-3H3. The Labute approximate surface area is 122 Å². The molecule has 0 aromatic heterocycles. The van der Waals surface area contributed by atoms with Crippen molar-refractivity contribution in [1.29, 1.82) is 0 Å². The average molecular weight is 287 g/mol. The summed E-state index contributed by atoms with van der Waals surface area (Å²) < 4.78 is 28.0. The minimum absolute atomic E-state index is 0.0409. The molecule has 1 N–H and O–H groups in total. The van der Waals surface area contributed by atoms with E-state index in [4.69, 9.17) is 0 Å². The molecule has 0 aliphatic heterocycles. The van der Waals surface area contributed by atoms with Gasteiger partial charge in [-0.1, -0.05) is 30.4 Å². The zero-order chi connectivity index (χ0) is 15.6. The molecule has 21 heavy (non-hydrogen) atoms. The Balaban J connectivity index is 2.55. The maximum Gasteiger partial charge on any atom is 0.183 e. The summed E-state index contributed by atoms with van der Waals surface area (Å²) in [5.41, 5.74) is 2.39. The van der Waals surface area contributed by atoms with Crippen LogP contribution in [0.2, 0.25) is 0 Å². The van der Waals surface area contributed by atoms with Crippen molar-refractivity contribution in [2.75, 3.05) is 5.32 Å². The molecule has 0 atom stereocenters. The van der Waals surface area contributed by atoms with Gasteiger partial charge in [0.05, 0.1) is 5.69 Å². The monoisotopic (exact) mass is 287 g/mol. The van der Waals surface area contributed by atoms with Gasteiger partial charge in [0, 0.05) is 16.8 Å². The van der Waals surface area contributed by atoms with Crippen molar-refractivity contribution in [2.24, 2.45) is 0 Å².